The largest absolute Gasteiger partial charge is 0.496 e. The monoisotopic (exact) mass is 244 g/mol. The van der Waals surface area contributed by atoms with Crippen molar-refractivity contribution in [3.8, 4) is 5.75 Å². The first-order valence-electron chi connectivity index (χ1n) is 6.64. The number of hydrogen-bond acceptors (Lipinski definition) is 2. The molecule has 3 nitrogen and oxygen atoms in total. The van der Waals surface area contributed by atoms with Gasteiger partial charge in [0.05, 0.1) is 12.6 Å². The summed E-state index contributed by atoms with van der Waals surface area (Å²) in [5.74, 6) is 1.64. The van der Waals surface area contributed by atoms with Crippen molar-refractivity contribution in [3.63, 3.8) is 0 Å². The van der Waals surface area contributed by atoms with Gasteiger partial charge in [0, 0.05) is 31.1 Å². The van der Waals surface area contributed by atoms with Crippen molar-refractivity contribution in [1.29, 1.82) is 0 Å². The molecule has 1 atom stereocenters. The summed E-state index contributed by atoms with van der Waals surface area (Å²) >= 11 is 0. The third-order valence-electron chi connectivity index (χ3n) is 3.99. The number of ether oxygens (including phenoxy) is 1. The van der Waals surface area contributed by atoms with Crippen LogP contribution in [0.15, 0.2) is 24.4 Å². The Kier molecular flexibility index (Phi) is 3.00. The Morgan fingerprint density at radius 2 is 2.22 bits per heavy atom. The molecular formula is C15H20N2O. The molecule has 0 saturated carbocycles. The van der Waals surface area contributed by atoms with Gasteiger partial charge in [-0.25, -0.2) is 0 Å². The quantitative estimate of drug-likeness (QED) is 0.879. The van der Waals surface area contributed by atoms with Gasteiger partial charge in [-0.1, -0.05) is 6.07 Å². The molecule has 1 aromatic carbocycles. The fourth-order valence-corrected chi connectivity index (χ4v) is 3.01. The number of nitrogens with zero attached hydrogens (tertiary/aromatic N) is 1. The topological polar surface area (TPSA) is 26.2 Å². The molecule has 18 heavy (non-hydrogen) atoms. The molecule has 2 aromatic rings. The highest BCUT2D eigenvalue weighted by Gasteiger charge is 2.20. The van der Waals surface area contributed by atoms with Crippen LogP contribution in [-0.2, 0) is 7.05 Å². The summed E-state index contributed by atoms with van der Waals surface area (Å²) in [5.41, 5.74) is 2.59. The van der Waals surface area contributed by atoms with E-state index >= 15 is 0 Å². The molecule has 1 aliphatic rings. The zero-order chi connectivity index (χ0) is 12.5. The molecule has 1 saturated heterocycles. The average molecular weight is 244 g/mol. The lowest BCUT2D eigenvalue weighted by Gasteiger charge is -2.25. The number of fused-ring (bicyclic) bond motifs is 1. The Balaban J connectivity index is 2.10. The predicted molar refractivity (Wildman–Crippen MR) is 74.3 cm³/mol. The number of rotatable bonds is 2. The van der Waals surface area contributed by atoms with Crippen LogP contribution in [0.4, 0.5) is 0 Å². The van der Waals surface area contributed by atoms with Gasteiger partial charge in [-0.05, 0) is 37.1 Å². The lowest BCUT2D eigenvalue weighted by atomic mass is 9.90. The van der Waals surface area contributed by atoms with E-state index < -0.39 is 0 Å². The van der Waals surface area contributed by atoms with Crippen LogP contribution < -0.4 is 10.1 Å². The molecule has 0 aliphatic carbocycles. The Bertz CT molecular complexity index is 553. The van der Waals surface area contributed by atoms with Gasteiger partial charge in [-0.2, -0.15) is 0 Å². The van der Waals surface area contributed by atoms with Crippen molar-refractivity contribution >= 4 is 10.9 Å². The van der Waals surface area contributed by atoms with Gasteiger partial charge < -0.3 is 14.6 Å². The summed E-state index contributed by atoms with van der Waals surface area (Å²) in [4.78, 5) is 0. The second-order valence-electron chi connectivity index (χ2n) is 5.09. The maximum absolute atomic E-state index is 5.68. The highest BCUT2D eigenvalue weighted by atomic mass is 16.5. The molecule has 3 rings (SSSR count). The number of nitrogens with one attached hydrogen (secondary N) is 1. The van der Waals surface area contributed by atoms with Gasteiger partial charge >= 0.3 is 0 Å². The fraction of sp³-hybridized carbons (Fsp3) is 0.467. The van der Waals surface area contributed by atoms with Crippen LogP contribution in [-0.4, -0.2) is 24.8 Å². The van der Waals surface area contributed by atoms with Crippen LogP contribution in [0.25, 0.3) is 10.9 Å². The molecule has 1 N–H and O–H groups in total. The molecule has 0 amide bonds. The lowest BCUT2D eigenvalue weighted by Crippen LogP contribution is -2.28. The minimum Gasteiger partial charge on any atom is -0.496 e. The summed E-state index contributed by atoms with van der Waals surface area (Å²) in [6.07, 6.45) is 4.60. The highest BCUT2D eigenvalue weighted by molar-refractivity contribution is 5.88. The molecule has 2 heterocycles. The summed E-state index contributed by atoms with van der Waals surface area (Å²) in [6.45, 7) is 2.21. The van der Waals surface area contributed by atoms with Crippen molar-refractivity contribution in [2.24, 2.45) is 7.05 Å². The van der Waals surface area contributed by atoms with E-state index in [1.807, 2.05) is 0 Å². The first-order valence-corrected chi connectivity index (χ1v) is 6.64. The van der Waals surface area contributed by atoms with Crippen LogP contribution in [0, 0.1) is 0 Å². The van der Waals surface area contributed by atoms with Crippen LogP contribution in [0.2, 0.25) is 0 Å². The number of hydrogen-bond donors (Lipinski definition) is 1. The van der Waals surface area contributed by atoms with Gasteiger partial charge in [0.1, 0.15) is 5.75 Å². The number of piperidine rings is 1. The van der Waals surface area contributed by atoms with Crippen LogP contribution >= 0.6 is 0 Å². The molecular weight excluding hydrogens is 224 g/mol. The van der Waals surface area contributed by atoms with Gasteiger partial charge in [-0.15, -0.1) is 0 Å². The number of aromatic nitrogens is 1. The van der Waals surface area contributed by atoms with Crippen molar-refractivity contribution in [1.82, 2.24) is 9.88 Å². The minimum atomic E-state index is 0.582. The minimum absolute atomic E-state index is 0.582. The zero-order valence-corrected chi connectivity index (χ0v) is 11.1. The van der Waals surface area contributed by atoms with Gasteiger partial charge in [0.25, 0.3) is 0 Å². The van der Waals surface area contributed by atoms with Gasteiger partial charge in [0.2, 0.25) is 0 Å². The molecule has 0 spiro atoms. The second-order valence-corrected chi connectivity index (χ2v) is 5.09. The van der Waals surface area contributed by atoms with E-state index in [0.717, 1.165) is 18.8 Å². The number of aryl methyl sites for hydroxylation is 1. The van der Waals surface area contributed by atoms with E-state index in [-0.39, 0.29) is 0 Å². The smallest absolute Gasteiger partial charge is 0.131 e. The molecule has 96 valence electrons. The maximum atomic E-state index is 5.68. The number of benzene rings is 1. The average Bonchev–Trinajstić information content (AvgIpc) is 2.80. The lowest BCUT2D eigenvalue weighted by molar-refractivity contribution is 0.397. The van der Waals surface area contributed by atoms with Crippen molar-refractivity contribution in [2.75, 3.05) is 20.2 Å². The van der Waals surface area contributed by atoms with E-state index in [1.165, 1.54) is 29.3 Å². The summed E-state index contributed by atoms with van der Waals surface area (Å²) in [6, 6.07) is 6.59. The highest BCUT2D eigenvalue weighted by Crippen LogP contribution is 2.37. The Labute approximate surface area is 108 Å². The van der Waals surface area contributed by atoms with Crippen LogP contribution in [0.5, 0.6) is 5.75 Å². The molecule has 0 bridgehead atoms. The zero-order valence-electron chi connectivity index (χ0n) is 11.1. The SMILES string of the molecule is COc1c(C2CCCNC2)ccc2c1ccn2C. The standard InChI is InChI=1S/C15H20N2O/c1-17-9-7-13-14(17)6-5-12(15(13)18-2)11-4-3-8-16-10-11/h5-7,9,11,16H,3-4,8,10H2,1-2H3. The molecule has 1 fully saturated rings. The predicted octanol–water partition coefficient (Wildman–Crippen LogP) is 2.65. The van der Waals surface area contributed by atoms with E-state index in [4.69, 9.17) is 4.74 Å². The molecule has 1 aromatic heterocycles. The molecule has 0 radical (unpaired) electrons. The maximum Gasteiger partial charge on any atom is 0.131 e. The van der Waals surface area contributed by atoms with E-state index in [1.54, 1.807) is 7.11 Å². The molecule has 3 heteroatoms. The third kappa shape index (κ3) is 1.79. The van der Waals surface area contributed by atoms with E-state index in [9.17, 15) is 0 Å². The molecule has 1 unspecified atom stereocenters. The van der Waals surface area contributed by atoms with Gasteiger partial charge in [-0.3, -0.25) is 0 Å². The van der Waals surface area contributed by atoms with Crippen LogP contribution in [0.3, 0.4) is 0 Å². The van der Waals surface area contributed by atoms with Crippen molar-refractivity contribution < 1.29 is 4.74 Å². The number of methoxy groups -OCH3 is 1. The van der Waals surface area contributed by atoms with E-state index in [0.29, 0.717) is 5.92 Å². The first-order chi connectivity index (χ1) is 8.81. The summed E-state index contributed by atoms with van der Waals surface area (Å²) in [5, 5.41) is 4.70. The third-order valence-corrected chi connectivity index (χ3v) is 3.99. The van der Waals surface area contributed by atoms with Crippen molar-refractivity contribution in [3.05, 3.63) is 30.0 Å². The van der Waals surface area contributed by atoms with E-state index in [2.05, 4.69) is 41.3 Å². The second kappa shape index (κ2) is 4.65. The normalized spacial score (nSPS) is 20.2. The fourth-order valence-electron chi connectivity index (χ4n) is 3.01. The summed E-state index contributed by atoms with van der Waals surface area (Å²) in [7, 11) is 3.85. The Hall–Kier alpha value is -1.48. The van der Waals surface area contributed by atoms with Crippen molar-refractivity contribution in [2.45, 2.75) is 18.8 Å². The van der Waals surface area contributed by atoms with Crippen LogP contribution in [0.1, 0.15) is 24.3 Å². The van der Waals surface area contributed by atoms with Gasteiger partial charge in [0.15, 0.2) is 0 Å². The summed E-state index contributed by atoms with van der Waals surface area (Å²) < 4.78 is 7.82. The molecule has 1 aliphatic heterocycles. The first kappa shape index (κ1) is 11.6. The Morgan fingerprint density at radius 1 is 1.33 bits per heavy atom. The Morgan fingerprint density at radius 3 is 2.94 bits per heavy atom.